The van der Waals surface area contributed by atoms with Crippen LogP contribution in [0.2, 0.25) is 0 Å². The van der Waals surface area contributed by atoms with Gasteiger partial charge >= 0.3 is 0 Å². The van der Waals surface area contributed by atoms with Crippen molar-refractivity contribution < 1.29 is 4.74 Å². The molecule has 16 heavy (non-hydrogen) atoms. The first-order valence-corrected chi connectivity index (χ1v) is 5.19. The Morgan fingerprint density at radius 3 is 3.12 bits per heavy atom. The quantitative estimate of drug-likeness (QED) is 0.750. The average Bonchev–Trinajstić information content (AvgIpc) is 2.65. The minimum Gasteiger partial charge on any atom is -0.376 e. The highest BCUT2D eigenvalue weighted by molar-refractivity contribution is 5.75. The van der Waals surface area contributed by atoms with Crippen molar-refractivity contribution >= 4 is 11.0 Å². The first-order valence-electron chi connectivity index (χ1n) is 5.19. The Labute approximate surface area is 92.3 Å². The lowest BCUT2D eigenvalue weighted by Crippen LogP contribution is -2.30. The molecule has 0 unspecified atom stereocenters. The zero-order chi connectivity index (χ0) is 11.0. The number of rotatable bonds is 2. The maximum Gasteiger partial charge on any atom is 0.142 e. The highest BCUT2D eigenvalue weighted by Crippen LogP contribution is 2.17. The van der Waals surface area contributed by atoms with Gasteiger partial charge in [0.2, 0.25) is 0 Å². The minimum atomic E-state index is 0.299. The van der Waals surface area contributed by atoms with Gasteiger partial charge in [-0.2, -0.15) is 5.26 Å². The van der Waals surface area contributed by atoms with Crippen molar-refractivity contribution in [3.63, 3.8) is 0 Å². The molecule has 3 rings (SSSR count). The maximum atomic E-state index is 8.73. The van der Waals surface area contributed by atoms with Crippen LogP contribution in [0.4, 0.5) is 0 Å². The molecule has 1 aliphatic rings. The molecule has 0 saturated carbocycles. The molecule has 80 valence electrons. The topological polar surface area (TPSA) is 63.7 Å². The van der Waals surface area contributed by atoms with Gasteiger partial charge in [0.05, 0.1) is 36.2 Å². The fourth-order valence-corrected chi connectivity index (χ4v) is 1.81. The maximum absolute atomic E-state index is 8.73. The summed E-state index contributed by atoms with van der Waals surface area (Å²) < 4.78 is 7.40. The summed E-state index contributed by atoms with van der Waals surface area (Å²) in [6.45, 7) is 1.66. The van der Waals surface area contributed by atoms with Gasteiger partial charge in [0.25, 0.3) is 0 Å². The Morgan fingerprint density at radius 2 is 2.44 bits per heavy atom. The normalized spacial score (nSPS) is 19.3. The lowest BCUT2D eigenvalue weighted by atomic mass is 10.2. The van der Waals surface area contributed by atoms with Crippen molar-refractivity contribution in [1.29, 1.82) is 5.26 Å². The second-order valence-electron chi connectivity index (χ2n) is 3.85. The lowest BCUT2D eigenvalue weighted by Gasteiger charge is -2.26. The number of fused-ring (bicyclic) bond motifs is 1. The molecule has 5 heteroatoms. The van der Waals surface area contributed by atoms with Gasteiger partial charge in [0.1, 0.15) is 11.8 Å². The summed E-state index contributed by atoms with van der Waals surface area (Å²) in [7, 11) is 0. The lowest BCUT2D eigenvalue weighted by molar-refractivity contribution is -0.0586. The largest absolute Gasteiger partial charge is 0.376 e. The van der Waals surface area contributed by atoms with E-state index in [1.807, 2.05) is 10.6 Å². The number of ether oxygens (including phenoxy) is 1. The fraction of sp³-hybridized carbons (Fsp3) is 0.364. The van der Waals surface area contributed by atoms with E-state index in [0.717, 1.165) is 30.6 Å². The molecule has 0 aromatic carbocycles. The standard InChI is InChI=1S/C11H10N4O/c12-4-8-3-10-11(5-13-8)15(7-14-10)6-9-1-2-16-9/h3,5,7,9H,1-2,6H2/t9-/m0/s1. The summed E-state index contributed by atoms with van der Waals surface area (Å²) in [5.41, 5.74) is 2.16. The van der Waals surface area contributed by atoms with Crippen LogP contribution in [0.3, 0.4) is 0 Å². The molecule has 1 saturated heterocycles. The van der Waals surface area contributed by atoms with Crippen LogP contribution in [0.25, 0.3) is 11.0 Å². The molecule has 0 N–H and O–H groups in total. The van der Waals surface area contributed by atoms with Gasteiger partial charge in [-0.15, -0.1) is 0 Å². The van der Waals surface area contributed by atoms with Crippen LogP contribution in [-0.4, -0.2) is 27.2 Å². The number of nitrogens with zero attached hydrogens (tertiary/aromatic N) is 4. The Bertz CT molecular complexity index is 565. The molecule has 0 amide bonds. The van der Waals surface area contributed by atoms with Gasteiger partial charge in [-0.1, -0.05) is 0 Å². The van der Waals surface area contributed by atoms with Crippen molar-refractivity contribution in [2.45, 2.75) is 19.1 Å². The molecule has 1 fully saturated rings. The van der Waals surface area contributed by atoms with E-state index >= 15 is 0 Å². The van der Waals surface area contributed by atoms with Gasteiger partial charge in [-0.25, -0.2) is 9.97 Å². The number of aromatic nitrogens is 3. The van der Waals surface area contributed by atoms with Crippen molar-refractivity contribution in [3.05, 3.63) is 24.3 Å². The Hall–Kier alpha value is -1.93. The molecule has 0 aliphatic carbocycles. The van der Waals surface area contributed by atoms with E-state index in [2.05, 4.69) is 9.97 Å². The van der Waals surface area contributed by atoms with Gasteiger partial charge in [-0.05, 0) is 6.42 Å². The van der Waals surface area contributed by atoms with Crippen LogP contribution in [0.1, 0.15) is 12.1 Å². The van der Waals surface area contributed by atoms with Crippen molar-refractivity contribution in [3.8, 4) is 6.07 Å². The number of imidazole rings is 1. The molecular formula is C11H10N4O. The van der Waals surface area contributed by atoms with E-state index in [1.54, 1.807) is 18.6 Å². The molecule has 1 atom stereocenters. The molecule has 2 aromatic heterocycles. The third kappa shape index (κ3) is 1.44. The molecule has 0 bridgehead atoms. The first-order chi connectivity index (χ1) is 7.86. The third-order valence-electron chi connectivity index (χ3n) is 2.82. The van der Waals surface area contributed by atoms with Gasteiger partial charge in [-0.3, -0.25) is 0 Å². The fourth-order valence-electron chi connectivity index (χ4n) is 1.81. The van der Waals surface area contributed by atoms with Crippen LogP contribution in [0.5, 0.6) is 0 Å². The average molecular weight is 214 g/mol. The second-order valence-corrected chi connectivity index (χ2v) is 3.85. The third-order valence-corrected chi connectivity index (χ3v) is 2.82. The SMILES string of the molecule is N#Cc1cc2ncn(C[C@@H]3CCO3)c2cn1. The van der Waals surface area contributed by atoms with Gasteiger partial charge < -0.3 is 9.30 Å². The van der Waals surface area contributed by atoms with Crippen LogP contribution < -0.4 is 0 Å². The van der Waals surface area contributed by atoms with Crippen molar-refractivity contribution in [2.75, 3.05) is 6.61 Å². The molecule has 0 radical (unpaired) electrons. The number of nitriles is 1. The second kappa shape index (κ2) is 3.58. The number of hydrogen-bond donors (Lipinski definition) is 0. The summed E-state index contributed by atoms with van der Waals surface area (Å²) in [6.07, 6.45) is 4.87. The van der Waals surface area contributed by atoms with Crippen molar-refractivity contribution in [2.24, 2.45) is 0 Å². The summed E-state index contributed by atoms with van der Waals surface area (Å²) in [5.74, 6) is 0. The number of hydrogen-bond acceptors (Lipinski definition) is 4. The monoisotopic (exact) mass is 214 g/mol. The molecule has 3 heterocycles. The summed E-state index contributed by atoms with van der Waals surface area (Å²) >= 11 is 0. The first kappa shape index (κ1) is 9.31. The highest BCUT2D eigenvalue weighted by Gasteiger charge is 2.19. The van der Waals surface area contributed by atoms with Gasteiger partial charge in [0, 0.05) is 12.7 Å². The predicted octanol–water partition coefficient (Wildman–Crippen LogP) is 1.09. The van der Waals surface area contributed by atoms with Crippen molar-refractivity contribution in [1.82, 2.24) is 14.5 Å². The molecular weight excluding hydrogens is 204 g/mol. The summed E-state index contributed by atoms with van der Waals surface area (Å²) in [5, 5.41) is 8.73. The van der Waals surface area contributed by atoms with E-state index in [1.165, 1.54) is 0 Å². The van der Waals surface area contributed by atoms with E-state index in [0.29, 0.717) is 11.8 Å². The molecule has 0 spiro atoms. The van der Waals surface area contributed by atoms with E-state index in [4.69, 9.17) is 10.00 Å². The van der Waals surface area contributed by atoms with E-state index in [9.17, 15) is 0 Å². The minimum absolute atomic E-state index is 0.299. The van der Waals surface area contributed by atoms with Crippen LogP contribution in [0.15, 0.2) is 18.6 Å². The van der Waals surface area contributed by atoms with E-state index < -0.39 is 0 Å². The van der Waals surface area contributed by atoms with Crippen LogP contribution in [-0.2, 0) is 11.3 Å². The number of pyridine rings is 1. The zero-order valence-corrected chi connectivity index (χ0v) is 8.63. The Kier molecular flexibility index (Phi) is 2.08. The summed E-state index contributed by atoms with van der Waals surface area (Å²) in [4.78, 5) is 8.30. The molecule has 1 aliphatic heterocycles. The Morgan fingerprint density at radius 1 is 1.56 bits per heavy atom. The smallest absolute Gasteiger partial charge is 0.142 e. The van der Waals surface area contributed by atoms with Crippen LogP contribution in [0, 0.1) is 11.3 Å². The van der Waals surface area contributed by atoms with Crippen LogP contribution >= 0.6 is 0 Å². The molecule has 5 nitrogen and oxygen atoms in total. The molecule has 2 aromatic rings. The van der Waals surface area contributed by atoms with E-state index in [-0.39, 0.29) is 0 Å². The summed E-state index contributed by atoms with van der Waals surface area (Å²) in [6, 6.07) is 3.71. The van der Waals surface area contributed by atoms with Gasteiger partial charge in [0.15, 0.2) is 0 Å². The highest BCUT2D eigenvalue weighted by atomic mass is 16.5. The predicted molar refractivity (Wildman–Crippen MR) is 56.6 cm³/mol. The Balaban J connectivity index is 1.97. The zero-order valence-electron chi connectivity index (χ0n) is 8.63.